The summed E-state index contributed by atoms with van der Waals surface area (Å²) < 4.78 is 6.94. The molecule has 3 aromatic heterocycles. The number of aryl methyl sites for hydroxylation is 1. The molecule has 114 valence electrons. The van der Waals surface area contributed by atoms with Crippen LogP contribution in [0.1, 0.15) is 11.3 Å². The first-order valence-electron chi connectivity index (χ1n) is 7.16. The van der Waals surface area contributed by atoms with Crippen LogP contribution in [0.15, 0.2) is 57.4 Å². The topological polar surface area (TPSA) is 60.9 Å². The largest absolute Gasteiger partial charge is 0.356 e. The zero-order valence-electron chi connectivity index (χ0n) is 12.4. The van der Waals surface area contributed by atoms with Gasteiger partial charge in [-0.05, 0) is 17.9 Å². The lowest BCUT2D eigenvalue weighted by molar-refractivity contribution is 0.420. The van der Waals surface area contributed by atoms with Crippen LogP contribution in [0.25, 0.3) is 21.5 Å². The van der Waals surface area contributed by atoms with Crippen molar-refractivity contribution in [3.05, 3.63) is 69.7 Å². The Hall–Kier alpha value is -2.73. The third kappa shape index (κ3) is 2.47. The van der Waals surface area contributed by atoms with Gasteiger partial charge in [-0.3, -0.25) is 9.36 Å². The molecule has 0 bridgehead atoms. The Morgan fingerprint density at radius 2 is 2.09 bits per heavy atom. The van der Waals surface area contributed by atoms with Gasteiger partial charge in [0.1, 0.15) is 10.5 Å². The standard InChI is InChI=1S/C17H13N3O2S/c1-11-9-23-16-15(11)17(21)20(10-18-16)8-13-7-14(22-19-13)12-5-3-2-4-6-12/h2-7,9-10H,8H2,1H3. The summed E-state index contributed by atoms with van der Waals surface area (Å²) in [5, 5.41) is 6.70. The Labute approximate surface area is 135 Å². The Morgan fingerprint density at radius 3 is 2.91 bits per heavy atom. The van der Waals surface area contributed by atoms with E-state index in [1.807, 2.05) is 48.7 Å². The Morgan fingerprint density at radius 1 is 1.26 bits per heavy atom. The molecular formula is C17H13N3O2S. The van der Waals surface area contributed by atoms with E-state index in [4.69, 9.17) is 4.52 Å². The molecule has 3 heterocycles. The fraction of sp³-hybridized carbons (Fsp3) is 0.118. The van der Waals surface area contributed by atoms with Crippen molar-refractivity contribution in [2.75, 3.05) is 0 Å². The molecule has 0 aliphatic heterocycles. The molecule has 6 heteroatoms. The van der Waals surface area contributed by atoms with E-state index in [-0.39, 0.29) is 5.56 Å². The first-order chi connectivity index (χ1) is 11.2. The minimum absolute atomic E-state index is 0.0435. The average molecular weight is 323 g/mol. The summed E-state index contributed by atoms with van der Waals surface area (Å²) in [6.07, 6.45) is 1.57. The van der Waals surface area contributed by atoms with Gasteiger partial charge >= 0.3 is 0 Å². The van der Waals surface area contributed by atoms with Gasteiger partial charge in [-0.1, -0.05) is 35.5 Å². The number of hydrogen-bond donors (Lipinski definition) is 0. The summed E-state index contributed by atoms with van der Waals surface area (Å²) in [5.74, 6) is 0.689. The minimum Gasteiger partial charge on any atom is -0.356 e. The van der Waals surface area contributed by atoms with Crippen LogP contribution < -0.4 is 5.56 Å². The number of thiophene rings is 1. The van der Waals surface area contributed by atoms with Gasteiger partial charge in [-0.2, -0.15) is 0 Å². The molecule has 0 atom stereocenters. The van der Waals surface area contributed by atoms with Crippen molar-refractivity contribution in [1.29, 1.82) is 0 Å². The zero-order valence-corrected chi connectivity index (χ0v) is 13.2. The number of hydrogen-bond acceptors (Lipinski definition) is 5. The summed E-state index contributed by atoms with van der Waals surface area (Å²) in [6, 6.07) is 11.6. The second-order valence-electron chi connectivity index (χ2n) is 5.33. The Kier molecular flexibility index (Phi) is 3.31. The lowest BCUT2D eigenvalue weighted by Gasteiger charge is -2.02. The quantitative estimate of drug-likeness (QED) is 0.579. The van der Waals surface area contributed by atoms with Crippen molar-refractivity contribution >= 4 is 21.6 Å². The van der Waals surface area contributed by atoms with Gasteiger partial charge in [0.25, 0.3) is 5.56 Å². The first kappa shape index (κ1) is 13.9. The molecule has 5 nitrogen and oxygen atoms in total. The van der Waals surface area contributed by atoms with Gasteiger partial charge in [0.2, 0.25) is 0 Å². The second kappa shape index (κ2) is 5.48. The first-order valence-corrected chi connectivity index (χ1v) is 8.04. The van der Waals surface area contributed by atoms with Gasteiger partial charge in [0.15, 0.2) is 5.76 Å². The number of benzene rings is 1. The minimum atomic E-state index is -0.0435. The molecule has 0 saturated heterocycles. The van der Waals surface area contributed by atoms with Crippen molar-refractivity contribution in [3.63, 3.8) is 0 Å². The van der Waals surface area contributed by atoms with Gasteiger partial charge in [-0.25, -0.2) is 4.98 Å². The second-order valence-corrected chi connectivity index (χ2v) is 6.18. The number of rotatable bonds is 3. The van der Waals surface area contributed by atoms with Crippen LogP contribution in [0.5, 0.6) is 0 Å². The van der Waals surface area contributed by atoms with Crippen molar-refractivity contribution in [3.8, 4) is 11.3 Å². The van der Waals surface area contributed by atoms with Crippen molar-refractivity contribution in [1.82, 2.24) is 14.7 Å². The molecule has 0 amide bonds. The summed E-state index contributed by atoms with van der Waals surface area (Å²) in [5.41, 5.74) is 2.57. The molecule has 0 spiro atoms. The average Bonchev–Trinajstić information content (AvgIpc) is 3.18. The van der Waals surface area contributed by atoms with E-state index in [9.17, 15) is 4.79 Å². The Bertz CT molecular complexity index is 1030. The molecule has 0 aliphatic rings. The highest BCUT2D eigenvalue weighted by Crippen LogP contribution is 2.21. The fourth-order valence-corrected chi connectivity index (χ4v) is 3.40. The predicted octanol–water partition coefficient (Wildman–Crippen LogP) is 3.47. The van der Waals surface area contributed by atoms with E-state index < -0.39 is 0 Å². The maximum Gasteiger partial charge on any atom is 0.262 e. The van der Waals surface area contributed by atoms with Crippen LogP contribution in [0.3, 0.4) is 0 Å². The highest BCUT2D eigenvalue weighted by molar-refractivity contribution is 7.16. The molecule has 0 aliphatic carbocycles. The molecule has 4 aromatic rings. The maximum absolute atomic E-state index is 12.6. The van der Waals surface area contributed by atoms with Crippen molar-refractivity contribution < 1.29 is 4.52 Å². The molecule has 0 N–H and O–H groups in total. The molecule has 23 heavy (non-hydrogen) atoms. The van der Waals surface area contributed by atoms with E-state index in [0.717, 1.165) is 16.0 Å². The lowest BCUT2D eigenvalue weighted by atomic mass is 10.1. The monoisotopic (exact) mass is 323 g/mol. The van der Waals surface area contributed by atoms with Crippen LogP contribution in [-0.2, 0) is 6.54 Å². The van der Waals surface area contributed by atoms with Gasteiger partial charge in [-0.15, -0.1) is 11.3 Å². The zero-order chi connectivity index (χ0) is 15.8. The van der Waals surface area contributed by atoms with Crippen LogP contribution >= 0.6 is 11.3 Å². The molecule has 0 unspecified atom stereocenters. The Balaban J connectivity index is 1.69. The smallest absolute Gasteiger partial charge is 0.262 e. The van der Waals surface area contributed by atoms with E-state index >= 15 is 0 Å². The van der Waals surface area contributed by atoms with E-state index in [1.54, 1.807) is 10.9 Å². The van der Waals surface area contributed by atoms with Crippen molar-refractivity contribution in [2.24, 2.45) is 0 Å². The third-order valence-corrected chi connectivity index (χ3v) is 4.70. The molecule has 1 aromatic carbocycles. The summed E-state index contributed by atoms with van der Waals surface area (Å²) >= 11 is 1.49. The van der Waals surface area contributed by atoms with Gasteiger partial charge < -0.3 is 4.52 Å². The molecule has 0 saturated carbocycles. The van der Waals surface area contributed by atoms with Crippen LogP contribution in [0, 0.1) is 6.92 Å². The normalized spacial score (nSPS) is 11.2. The molecule has 0 fully saturated rings. The van der Waals surface area contributed by atoms with Crippen LogP contribution in [0.2, 0.25) is 0 Å². The van der Waals surface area contributed by atoms with Crippen LogP contribution in [0.4, 0.5) is 0 Å². The van der Waals surface area contributed by atoms with Gasteiger partial charge in [0.05, 0.1) is 18.3 Å². The highest BCUT2D eigenvalue weighted by Gasteiger charge is 2.11. The van der Waals surface area contributed by atoms with Crippen LogP contribution in [-0.4, -0.2) is 14.7 Å². The summed E-state index contributed by atoms with van der Waals surface area (Å²) in [6.45, 7) is 2.27. The number of nitrogens with zero attached hydrogens (tertiary/aromatic N) is 3. The third-order valence-electron chi connectivity index (χ3n) is 3.69. The van der Waals surface area contributed by atoms with E-state index in [0.29, 0.717) is 23.4 Å². The highest BCUT2D eigenvalue weighted by atomic mass is 32.1. The maximum atomic E-state index is 12.6. The number of aromatic nitrogens is 3. The van der Waals surface area contributed by atoms with Crippen molar-refractivity contribution in [2.45, 2.75) is 13.5 Å². The molecule has 4 rings (SSSR count). The predicted molar refractivity (Wildman–Crippen MR) is 89.7 cm³/mol. The number of fused-ring (bicyclic) bond motifs is 1. The summed E-state index contributed by atoms with van der Waals surface area (Å²) in [4.78, 5) is 17.7. The fourth-order valence-electron chi connectivity index (χ4n) is 2.52. The summed E-state index contributed by atoms with van der Waals surface area (Å²) in [7, 11) is 0. The SMILES string of the molecule is Cc1csc2ncn(Cc3cc(-c4ccccc4)on3)c(=O)c12. The van der Waals surface area contributed by atoms with Gasteiger partial charge in [0, 0.05) is 11.6 Å². The lowest BCUT2D eigenvalue weighted by Crippen LogP contribution is -2.21. The van der Waals surface area contributed by atoms with E-state index in [1.165, 1.54) is 11.3 Å². The molecule has 0 radical (unpaired) electrons. The molecular weight excluding hydrogens is 310 g/mol. The van der Waals surface area contributed by atoms with E-state index in [2.05, 4.69) is 10.1 Å².